The highest BCUT2D eigenvalue weighted by Gasteiger charge is 2.41. The van der Waals surface area contributed by atoms with E-state index in [4.69, 9.17) is 5.14 Å². The summed E-state index contributed by atoms with van der Waals surface area (Å²) in [5, 5.41) is 5.16. The summed E-state index contributed by atoms with van der Waals surface area (Å²) in [6.45, 7) is 2.66. The Hall–Kier alpha value is -1.40. The molecular weight excluding hydrogens is 288 g/mol. The largest absolute Gasteiger partial charge is 0.311 e. The minimum Gasteiger partial charge on any atom is -0.311 e. The second-order valence-electron chi connectivity index (χ2n) is 6.31. The Bertz CT molecular complexity index is 691. The van der Waals surface area contributed by atoms with Gasteiger partial charge in [0.25, 0.3) is 0 Å². The van der Waals surface area contributed by atoms with Gasteiger partial charge in [-0.25, -0.2) is 13.6 Å². The van der Waals surface area contributed by atoms with Crippen LogP contribution in [0.3, 0.4) is 0 Å². The average molecular weight is 308 g/mol. The first-order valence-electron chi connectivity index (χ1n) is 7.29. The number of rotatable bonds is 2. The van der Waals surface area contributed by atoms with Crippen molar-refractivity contribution in [2.24, 2.45) is 10.6 Å². The Morgan fingerprint density at radius 3 is 2.57 bits per heavy atom. The van der Waals surface area contributed by atoms with E-state index in [1.807, 2.05) is 11.8 Å². The van der Waals surface area contributed by atoms with E-state index in [0.717, 1.165) is 36.9 Å². The van der Waals surface area contributed by atoms with Gasteiger partial charge in [0.2, 0.25) is 15.9 Å². The monoisotopic (exact) mass is 308 g/mol. The minimum atomic E-state index is -3.69. The van der Waals surface area contributed by atoms with Crippen molar-refractivity contribution >= 4 is 21.6 Å². The fourth-order valence-corrected chi connectivity index (χ4v) is 4.03. The molecule has 3 rings (SSSR count). The summed E-state index contributed by atoms with van der Waals surface area (Å²) >= 11 is 0. The van der Waals surface area contributed by atoms with Crippen molar-refractivity contribution in [1.82, 2.24) is 0 Å². The highest BCUT2D eigenvalue weighted by Crippen LogP contribution is 2.42. The fraction of sp³-hybridized carbons (Fsp3) is 0.533. The van der Waals surface area contributed by atoms with Crippen molar-refractivity contribution in [2.75, 3.05) is 11.4 Å². The third-order valence-corrected chi connectivity index (χ3v) is 5.65. The van der Waals surface area contributed by atoms with Gasteiger partial charge >= 0.3 is 0 Å². The van der Waals surface area contributed by atoms with Crippen LogP contribution in [0.15, 0.2) is 23.1 Å². The molecule has 0 atom stereocenters. The number of carbonyl (C=O) groups excluding carboxylic acids is 1. The van der Waals surface area contributed by atoms with Gasteiger partial charge in [0, 0.05) is 17.6 Å². The first kappa shape index (κ1) is 14.5. The predicted octanol–water partition coefficient (Wildman–Crippen LogP) is 1.80. The number of hydrogen-bond donors (Lipinski definition) is 1. The van der Waals surface area contributed by atoms with Crippen molar-refractivity contribution in [1.29, 1.82) is 0 Å². The molecule has 21 heavy (non-hydrogen) atoms. The van der Waals surface area contributed by atoms with Crippen LogP contribution in [0.25, 0.3) is 0 Å². The lowest BCUT2D eigenvalue weighted by Gasteiger charge is -2.29. The highest BCUT2D eigenvalue weighted by atomic mass is 32.2. The maximum atomic E-state index is 12.8. The molecule has 114 valence electrons. The van der Waals surface area contributed by atoms with E-state index >= 15 is 0 Å². The molecule has 1 heterocycles. The topological polar surface area (TPSA) is 80.5 Å². The first-order chi connectivity index (χ1) is 9.81. The second-order valence-corrected chi connectivity index (χ2v) is 7.87. The van der Waals surface area contributed by atoms with Gasteiger partial charge in [-0.2, -0.15) is 0 Å². The molecule has 2 aliphatic rings. The molecular formula is C15H20N2O3S. The summed E-state index contributed by atoms with van der Waals surface area (Å²) in [6, 6.07) is 4.78. The van der Waals surface area contributed by atoms with Crippen LogP contribution in [-0.4, -0.2) is 20.9 Å². The van der Waals surface area contributed by atoms with Gasteiger partial charge in [-0.05, 0) is 43.0 Å². The highest BCUT2D eigenvalue weighted by molar-refractivity contribution is 7.89. The molecule has 1 aromatic rings. The molecule has 1 fully saturated rings. The Balaban J connectivity index is 1.92. The Morgan fingerprint density at radius 2 is 1.95 bits per heavy atom. The number of carbonyl (C=O) groups is 1. The molecule has 0 bridgehead atoms. The Labute approximate surface area is 125 Å². The lowest BCUT2D eigenvalue weighted by atomic mass is 9.87. The zero-order valence-corrected chi connectivity index (χ0v) is 12.9. The normalized spacial score (nSPS) is 20.6. The maximum absolute atomic E-state index is 12.8. The average Bonchev–Trinajstić information content (AvgIpc) is 3.03. The quantitative estimate of drug-likeness (QED) is 0.904. The summed E-state index contributed by atoms with van der Waals surface area (Å²) in [5.74, 6) is 0.169. The molecule has 0 saturated heterocycles. The standard InChI is InChI=1S/C15H20N2O3S/c1-15(7-2-3-8-15)14(18)17-9-6-11-10-12(21(16,19)20)4-5-13(11)17/h4-5,10H,2-3,6-9H2,1H3,(H2,16,19,20). The van der Waals surface area contributed by atoms with Crippen molar-refractivity contribution in [3.63, 3.8) is 0 Å². The van der Waals surface area contributed by atoms with E-state index in [2.05, 4.69) is 0 Å². The number of hydrogen-bond acceptors (Lipinski definition) is 3. The summed E-state index contributed by atoms with van der Waals surface area (Å²) in [7, 11) is -3.69. The molecule has 0 unspecified atom stereocenters. The zero-order chi connectivity index (χ0) is 15.3. The van der Waals surface area contributed by atoms with Crippen LogP contribution in [0.5, 0.6) is 0 Å². The Morgan fingerprint density at radius 1 is 1.29 bits per heavy atom. The minimum absolute atomic E-state index is 0.114. The van der Waals surface area contributed by atoms with Gasteiger partial charge < -0.3 is 4.90 Å². The van der Waals surface area contributed by atoms with Gasteiger partial charge in [-0.15, -0.1) is 0 Å². The zero-order valence-electron chi connectivity index (χ0n) is 12.1. The molecule has 5 nitrogen and oxygen atoms in total. The van der Waals surface area contributed by atoms with E-state index in [1.54, 1.807) is 12.1 Å². The molecule has 1 aliphatic carbocycles. The number of benzene rings is 1. The van der Waals surface area contributed by atoms with Crippen LogP contribution < -0.4 is 10.0 Å². The van der Waals surface area contributed by atoms with Crippen molar-refractivity contribution in [3.8, 4) is 0 Å². The summed E-state index contributed by atoms with van der Waals surface area (Å²) in [4.78, 5) is 14.7. The van der Waals surface area contributed by atoms with Gasteiger partial charge in [0.1, 0.15) is 0 Å². The number of amides is 1. The number of anilines is 1. The molecule has 2 N–H and O–H groups in total. The van der Waals surface area contributed by atoms with E-state index in [1.165, 1.54) is 6.07 Å². The molecule has 6 heteroatoms. The van der Waals surface area contributed by atoms with Gasteiger partial charge in [-0.3, -0.25) is 4.79 Å². The maximum Gasteiger partial charge on any atom is 0.238 e. The van der Waals surface area contributed by atoms with Gasteiger partial charge in [0.05, 0.1) is 4.90 Å². The van der Waals surface area contributed by atoms with E-state index < -0.39 is 10.0 Å². The fourth-order valence-electron chi connectivity index (χ4n) is 3.46. The first-order valence-corrected chi connectivity index (χ1v) is 8.84. The van der Waals surface area contributed by atoms with Crippen LogP contribution >= 0.6 is 0 Å². The lowest BCUT2D eigenvalue weighted by molar-refractivity contribution is -0.127. The summed E-state index contributed by atoms with van der Waals surface area (Å²) in [6.07, 6.45) is 4.76. The summed E-state index contributed by atoms with van der Waals surface area (Å²) in [5.41, 5.74) is 1.46. The lowest BCUT2D eigenvalue weighted by Crippen LogP contribution is -2.40. The van der Waals surface area contributed by atoms with E-state index in [-0.39, 0.29) is 16.2 Å². The third kappa shape index (κ3) is 2.46. The predicted molar refractivity (Wildman–Crippen MR) is 80.4 cm³/mol. The van der Waals surface area contributed by atoms with Crippen LogP contribution in [-0.2, 0) is 21.2 Å². The van der Waals surface area contributed by atoms with Crippen molar-refractivity contribution in [3.05, 3.63) is 23.8 Å². The van der Waals surface area contributed by atoms with E-state index in [9.17, 15) is 13.2 Å². The van der Waals surface area contributed by atoms with Crippen LogP contribution in [0.1, 0.15) is 38.2 Å². The molecule has 1 aromatic carbocycles. The molecule has 1 saturated carbocycles. The van der Waals surface area contributed by atoms with Crippen molar-refractivity contribution < 1.29 is 13.2 Å². The van der Waals surface area contributed by atoms with E-state index in [0.29, 0.717) is 13.0 Å². The van der Waals surface area contributed by atoms with Crippen LogP contribution in [0, 0.1) is 5.41 Å². The SMILES string of the molecule is CC1(C(=O)N2CCc3cc(S(N)(=O)=O)ccc32)CCCC1. The third-order valence-electron chi connectivity index (χ3n) is 4.74. The number of nitrogens with two attached hydrogens (primary N) is 1. The number of primary sulfonamides is 1. The molecule has 0 spiro atoms. The van der Waals surface area contributed by atoms with Crippen molar-refractivity contribution in [2.45, 2.75) is 43.9 Å². The molecule has 0 aromatic heterocycles. The Kier molecular flexibility index (Phi) is 3.33. The number of nitrogens with zero attached hydrogens (tertiary/aromatic N) is 1. The van der Waals surface area contributed by atoms with Gasteiger partial charge in [0.15, 0.2) is 0 Å². The van der Waals surface area contributed by atoms with Crippen LogP contribution in [0.2, 0.25) is 0 Å². The second kappa shape index (κ2) is 4.81. The summed E-state index contributed by atoms with van der Waals surface area (Å²) < 4.78 is 22.8. The van der Waals surface area contributed by atoms with Crippen LogP contribution in [0.4, 0.5) is 5.69 Å². The smallest absolute Gasteiger partial charge is 0.238 e. The number of sulfonamides is 1. The molecule has 0 radical (unpaired) electrons. The number of fused-ring (bicyclic) bond motifs is 1. The molecule has 1 aliphatic heterocycles. The van der Waals surface area contributed by atoms with Gasteiger partial charge in [-0.1, -0.05) is 19.8 Å². The molecule has 1 amide bonds.